The molecular weight excluding hydrogens is 254 g/mol. The molecule has 4 heteroatoms. The second-order valence-corrected chi connectivity index (χ2v) is 4.41. The molecule has 0 atom stereocenters. The fourth-order valence-corrected chi connectivity index (χ4v) is 1.74. The number of nitro groups is 1. The van der Waals surface area contributed by atoms with Gasteiger partial charge in [-0.3, -0.25) is 10.1 Å². The van der Waals surface area contributed by atoms with E-state index in [-0.39, 0.29) is 0 Å². The van der Waals surface area contributed by atoms with Gasteiger partial charge in [-0.25, -0.2) is 0 Å². The maximum atomic E-state index is 10.4. The van der Waals surface area contributed by atoms with Crippen LogP contribution in [0.25, 0.3) is 6.08 Å². The van der Waals surface area contributed by atoms with E-state index in [4.69, 9.17) is 4.74 Å². The summed E-state index contributed by atoms with van der Waals surface area (Å²) in [7, 11) is 0. The van der Waals surface area contributed by atoms with Gasteiger partial charge in [0.25, 0.3) is 0 Å². The number of hydrogen-bond donors (Lipinski definition) is 0. The lowest BCUT2D eigenvalue weighted by Crippen LogP contribution is -1.97. The van der Waals surface area contributed by atoms with Crippen LogP contribution in [0.15, 0.2) is 54.7 Å². The first kappa shape index (κ1) is 13.8. The van der Waals surface area contributed by atoms with E-state index in [1.807, 2.05) is 43.3 Å². The molecule has 0 radical (unpaired) electrons. The number of para-hydroxylation sites is 1. The standard InChI is InChI=1S/C16H15NO3/c1-13-6-8-14(9-7-13)12-20-16-5-3-2-4-15(16)10-11-17(18)19/h2-11H,12H2,1H3/b11-10+. The average molecular weight is 269 g/mol. The maximum Gasteiger partial charge on any atom is 0.235 e. The highest BCUT2D eigenvalue weighted by molar-refractivity contribution is 5.56. The molecule has 2 aromatic rings. The lowest BCUT2D eigenvalue weighted by molar-refractivity contribution is -0.400. The van der Waals surface area contributed by atoms with Gasteiger partial charge in [0, 0.05) is 11.6 Å². The third-order valence-corrected chi connectivity index (χ3v) is 2.81. The Balaban J connectivity index is 2.09. The molecule has 4 nitrogen and oxygen atoms in total. The van der Waals surface area contributed by atoms with Crippen LogP contribution in [0.2, 0.25) is 0 Å². The molecule has 0 bridgehead atoms. The Morgan fingerprint density at radius 1 is 1.15 bits per heavy atom. The van der Waals surface area contributed by atoms with E-state index >= 15 is 0 Å². The highest BCUT2D eigenvalue weighted by Crippen LogP contribution is 2.20. The SMILES string of the molecule is Cc1ccc(COc2ccccc2/C=C/[N+](=O)[O-])cc1. The Hall–Kier alpha value is -2.62. The van der Waals surface area contributed by atoms with Gasteiger partial charge < -0.3 is 4.74 Å². The monoisotopic (exact) mass is 269 g/mol. The molecule has 0 aliphatic carbocycles. The molecular formula is C16H15NO3. The predicted octanol–water partition coefficient (Wildman–Crippen LogP) is 3.82. The van der Waals surface area contributed by atoms with Gasteiger partial charge in [-0.15, -0.1) is 0 Å². The van der Waals surface area contributed by atoms with Crippen molar-refractivity contribution in [1.29, 1.82) is 0 Å². The molecule has 0 aliphatic heterocycles. The Kier molecular flexibility index (Phi) is 4.50. The fraction of sp³-hybridized carbons (Fsp3) is 0.125. The molecule has 0 aliphatic rings. The minimum Gasteiger partial charge on any atom is -0.488 e. The number of benzene rings is 2. The lowest BCUT2D eigenvalue weighted by Gasteiger charge is -2.09. The number of ether oxygens (including phenoxy) is 1. The number of hydrogen-bond acceptors (Lipinski definition) is 3. The van der Waals surface area contributed by atoms with Crippen LogP contribution in [0.4, 0.5) is 0 Å². The summed E-state index contributed by atoms with van der Waals surface area (Å²) in [5.41, 5.74) is 2.95. The van der Waals surface area contributed by atoms with Gasteiger partial charge in [-0.1, -0.05) is 48.0 Å². The topological polar surface area (TPSA) is 52.4 Å². The van der Waals surface area contributed by atoms with Gasteiger partial charge >= 0.3 is 0 Å². The second kappa shape index (κ2) is 6.52. The van der Waals surface area contributed by atoms with Crippen molar-refractivity contribution in [1.82, 2.24) is 0 Å². The minimum atomic E-state index is -0.489. The van der Waals surface area contributed by atoms with Gasteiger partial charge in [0.05, 0.1) is 4.92 Å². The third kappa shape index (κ3) is 3.95. The lowest BCUT2D eigenvalue weighted by atomic mass is 10.1. The highest BCUT2D eigenvalue weighted by Gasteiger charge is 2.02. The van der Waals surface area contributed by atoms with Crippen molar-refractivity contribution >= 4 is 6.08 Å². The summed E-state index contributed by atoms with van der Waals surface area (Å²) in [6.07, 6.45) is 2.35. The normalized spacial score (nSPS) is 10.7. The Morgan fingerprint density at radius 3 is 2.55 bits per heavy atom. The summed E-state index contributed by atoms with van der Waals surface area (Å²) in [5, 5.41) is 10.4. The number of rotatable bonds is 5. The summed E-state index contributed by atoms with van der Waals surface area (Å²) in [5.74, 6) is 0.631. The second-order valence-electron chi connectivity index (χ2n) is 4.41. The van der Waals surface area contributed by atoms with Crippen molar-refractivity contribution in [3.8, 4) is 5.75 Å². The van der Waals surface area contributed by atoms with E-state index in [9.17, 15) is 10.1 Å². The van der Waals surface area contributed by atoms with Gasteiger partial charge in [-0.05, 0) is 18.6 Å². The van der Waals surface area contributed by atoms with Crippen LogP contribution < -0.4 is 4.74 Å². The summed E-state index contributed by atoms with van der Waals surface area (Å²) < 4.78 is 5.72. The van der Waals surface area contributed by atoms with E-state index in [1.165, 1.54) is 11.6 Å². The minimum absolute atomic E-state index is 0.434. The first-order chi connectivity index (χ1) is 9.65. The zero-order valence-electron chi connectivity index (χ0n) is 11.2. The quantitative estimate of drug-likeness (QED) is 0.612. The first-order valence-electron chi connectivity index (χ1n) is 6.24. The molecule has 2 rings (SSSR count). The molecule has 0 saturated heterocycles. The van der Waals surface area contributed by atoms with Crippen molar-refractivity contribution in [2.75, 3.05) is 0 Å². The van der Waals surface area contributed by atoms with Crippen molar-refractivity contribution in [3.63, 3.8) is 0 Å². The van der Waals surface area contributed by atoms with Crippen LogP contribution in [0.3, 0.4) is 0 Å². The van der Waals surface area contributed by atoms with Crippen LogP contribution in [0.5, 0.6) is 5.75 Å². The molecule has 2 aromatic carbocycles. The van der Waals surface area contributed by atoms with Gasteiger partial charge in [0.1, 0.15) is 12.4 Å². The zero-order chi connectivity index (χ0) is 14.4. The van der Waals surface area contributed by atoms with Gasteiger partial charge in [-0.2, -0.15) is 0 Å². The van der Waals surface area contributed by atoms with Gasteiger partial charge in [0.15, 0.2) is 0 Å². The molecule has 0 heterocycles. The van der Waals surface area contributed by atoms with E-state index in [0.717, 1.165) is 11.8 Å². The van der Waals surface area contributed by atoms with Crippen LogP contribution in [-0.2, 0) is 6.61 Å². The Morgan fingerprint density at radius 2 is 1.85 bits per heavy atom. The van der Waals surface area contributed by atoms with Crippen LogP contribution in [0, 0.1) is 17.0 Å². The first-order valence-corrected chi connectivity index (χ1v) is 6.24. The Bertz CT molecular complexity index is 618. The molecule has 0 N–H and O–H groups in total. The smallest absolute Gasteiger partial charge is 0.235 e. The van der Waals surface area contributed by atoms with Crippen LogP contribution in [0.1, 0.15) is 16.7 Å². The molecule has 0 fully saturated rings. The summed E-state index contributed by atoms with van der Waals surface area (Å²) in [6, 6.07) is 15.3. The Labute approximate surface area is 117 Å². The predicted molar refractivity (Wildman–Crippen MR) is 78.0 cm³/mol. The van der Waals surface area contributed by atoms with E-state index in [1.54, 1.807) is 12.1 Å². The van der Waals surface area contributed by atoms with Crippen LogP contribution >= 0.6 is 0 Å². The number of aryl methyl sites for hydroxylation is 1. The highest BCUT2D eigenvalue weighted by atomic mass is 16.6. The van der Waals surface area contributed by atoms with Crippen molar-refractivity contribution < 1.29 is 9.66 Å². The molecule has 0 amide bonds. The van der Waals surface area contributed by atoms with E-state index < -0.39 is 4.92 Å². The third-order valence-electron chi connectivity index (χ3n) is 2.81. The molecule has 0 saturated carbocycles. The van der Waals surface area contributed by atoms with Crippen molar-refractivity contribution in [3.05, 3.63) is 81.5 Å². The summed E-state index contributed by atoms with van der Waals surface area (Å²) in [4.78, 5) is 9.88. The molecule has 0 spiro atoms. The van der Waals surface area contributed by atoms with Crippen molar-refractivity contribution in [2.45, 2.75) is 13.5 Å². The van der Waals surface area contributed by atoms with Gasteiger partial charge in [0.2, 0.25) is 6.20 Å². The number of nitrogens with zero attached hydrogens (tertiary/aromatic N) is 1. The fourth-order valence-electron chi connectivity index (χ4n) is 1.74. The molecule has 102 valence electrons. The average Bonchev–Trinajstić information content (AvgIpc) is 2.45. The largest absolute Gasteiger partial charge is 0.488 e. The maximum absolute atomic E-state index is 10.4. The molecule has 0 aromatic heterocycles. The summed E-state index contributed by atoms with van der Waals surface area (Å²) in [6.45, 7) is 2.46. The molecule has 0 unspecified atom stereocenters. The molecule has 20 heavy (non-hydrogen) atoms. The zero-order valence-corrected chi connectivity index (χ0v) is 11.2. The van der Waals surface area contributed by atoms with Crippen molar-refractivity contribution in [2.24, 2.45) is 0 Å². The van der Waals surface area contributed by atoms with Crippen LogP contribution in [-0.4, -0.2) is 4.92 Å². The summed E-state index contributed by atoms with van der Waals surface area (Å²) >= 11 is 0. The van der Waals surface area contributed by atoms with E-state index in [2.05, 4.69) is 0 Å². The van der Waals surface area contributed by atoms with E-state index in [0.29, 0.717) is 17.9 Å².